The van der Waals surface area contributed by atoms with Gasteiger partial charge >= 0.3 is 0 Å². The van der Waals surface area contributed by atoms with Crippen LogP contribution in [-0.4, -0.2) is 7.11 Å². The maximum absolute atomic E-state index is 5.30. The van der Waals surface area contributed by atoms with Gasteiger partial charge in [0.25, 0.3) is 0 Å². The fourth-order valence-corrected chi connectivity index (χ4v) is 1.93. The maximum atomic E-state index is 5.30. The van der Waals surface area contributed by atoms with Crippen LogP contribution >= 0.6 is 12.6 Å². The van der Waals surface area contributed by atoms with Crippen LogP contribution in [0.1, 0.15) is 5.56 Å². The van der Waals surface area contributed by atoms with Crippen LogP contribution in [-0.2, 0) is 5.75 Å². The Hall–Kier alpha value is -1.15. The van der Waals surface area contributed by atoms with Gasteiger partial charge in [0.05, 0.1) is 7.11 Å². The minimum atomic E-state index is 0.754. The molecule has 72 valence electrons. The van der Waals surface area contributed by atoms with Gasteiger partial charge in [-0.1, -0.05) is 30.3 Å². The summed E-state index contributed by atoms with van der Waals surface area (Å²) in [4.78, 5) is 0. The molecule has 2 aromatic carbocycles. The van der Waals surface area contributed by atoms with Crippen molar-refractivity contribution in [2.45, 2.75) is 5.75 Å². The summed E-state index contributed by atoms with van der Waals surface area (Å²) in [6.07, 6.45) is 0. The summed E-state index contributed by atoms with van der Waals surface area (Å²) in [5.74, 6) is 1.68. The molecule has 0 spiro atoms. The van der Waals surface area contributed by atoms with E-state index >= 15 is 0 Å². The number of hydrogen-bond donors (Lipinski definition) is 1. The Bertz CT molecular complexity index is 409. The van der Waals surface area contributed by atoms with E-state index in [9.17, 15) is 0 Å². The lowest BCUT2D eigenvalue weighted by Crippen LogP contribution is -1.87. The number of fused-ring (bicyclic) bond motifs is 1. The molecule has 0 aliphatic rings. The average molecular weight is 204 g/mol. The van der Waals surface area contributed by atoms with Crippen LogP contribution in [0.25, 0.3) is 10.8 Å². The Morgan fingerprint density at radius 1 is 1.07 bits per heavy atom. The van der Waals surface area contributed by atoms with Crippen molar-refractivity contribution in [1.82, 2.24) is 0 Å². The van der Waals surface area contributed by atoms with E-state index in [1.165, 1.54) is 10.9 Å². The molecule has 0 aliphatic heterocycles. The van der Waals surface area contributed by atoms with Gasteiger partial charge in [-0.05, 0) is 17.0 Å². The summed E-state index contributed by atoms with van der Waals surface area (Å²) in [6, 6.07) is 12.3. The third kappa shape index (κ3) is 1.46. The van der Waals surface area contributed by atoms with E-state index in [0.717, 1.165) is 16.9 Å². The minimum Gasteiger partial charge on any atom is -0.496 e. The molecule has 0 fully saturated rings. The second-order valence-corrected chi connectivity index (χ2v) is 3.45. The molecule has 0 heterocycles. The highest BCUT2D eigenvalue weighted by Crippen LogP contribution is 2.28. The molecule has 0 unspecified atom stereocenters. The summed E-state index contributed by atoms with van der Waals surface area (Å²) in [5.41, 5.74) is 1.24. The van der Waals surface area contributed by atoms with E-state index in [0.29, 0.717) is 0 Å². The molecule has 0 saturated carbocycles. The van der Waals surface area contributed by atoms with E-state index in [-0.39, 0.29) is 0 Å². The first-order chi connectivity index (χ1) is 6.86. The van der Waals surface area contributed by atoms with E-state index in [1.54, 1.807) is 7.11 Å². The van der Waals surface area contributed by atoms with Crippen LogP contribution in [0.2, 0.25) is 0 Å². The van der Waals surface area contributed by atoms with Crippen molar-refractivity contribution in [3.8, 4) is 5.75 Å². The first-order valence-corrected chi connectivity index (χ1v) is 5.15. The number of methoxy groups -OCH3 is 1. The number of rotatable bonds is 2. The summed E-state index contributed by atoms with van der Waals surface area (Å²) >= 11 is 4.31. The fraction of sp³-hybridized carbons (Fsp3) is 0.167. The molecule has 2 rings (SSSR count). The third-order valence-corrected chi connectivity index (χ3v) is 2.71. The molecule has 0 radical (unpaired) electrons. The van der Waals surface area contributed by atoms with E-state index in [4.69, 9.17) is 4.74 Å². The van der Waals surface area contributed by atoms with Crippen molar-refractivity contribution >= 4 is 23.4 Å². The second kappa shape index (κ2) is 3.93. The summed E-state index contributed by atoms with van der Waals surface area (Å²) in [6.45, 7) is 0. The highest BCUT2D eigenvalue weighted by molar-refractivity contribution is 7.79. The first kappa shape index (κ1) is 9.41. The van der Waals surface area contributed by atoms with Gasteiger partial charge in [0.15, 0.2) is 0 Å². The van der Waals surface area contributed by atoms with Crippen LogP contribution in [0, 0.1) is 0 Å². The van der Waals surface area contributed by atoms with Gasteiger partial charge in [0.1, 0.15) is 5.75 Å². The number of ether oxygens (including phenoxy) is 1. The van der Waals surface area contributed by atoms with Crippen LogP contribution in [0.3, 0.4) is 0 Å². The molecule has 0 bridgehead atoms. The fourth-order valence-electron chi connectivity index (χ4n) is 1.65. The number of hydrogen-bond acceptors (Lipinski definition) is 2. The van der Waals surface area contributed by atoms with Crippen molar-refractivity contribution in [3.05, 3.63) is 42.0 Å². The van der Waals surface area contributed by atoms with Crippen molar-refractivity contribution in [2.24, 2.45) is 0 Å². The lowest BCUT2D eigenvalue weighted by molar-refractivity contribution is 0.420. The lowest BCUT2D eigenvalue weighted by atomic mass is 10.0. The molecule has 1 nitrogen and oxygen atoms in total. The standard InChI is InChI=1S/C12H12OS/c1-13-12-7-6-9(8-14)10-4-2-3-5-11(10)12/h2-7,14H,8H2,1H3. The zero-order chi connectivity index (χ0) is 9.97. The smallest absolute Gasteiger partial charge is 0.126 e. The SMILES string of the molecule is COc1ccc(CS)c2ccccc12. The predicted molar refractivity (Wildman–Crippen MR) is 63.2 cm³/mol. The van der Waals surface area contributed by atoms with E-state index in [2.05, 4.69) is 30.8 Å². The van der Waals surface area contributed by atoms with Gasteiger partial charge in [-0.15, -0.1) is 0 Å². The van der Waals surface area contributed by atoms with E-state index < -0.39 is 0 Å². The molecule has 0 amide bonds. The quantitative estimate of drug-likeness (QED) is 0.739. The van der Waals surface area contributed by atoms with Crippen LogP contribution < -0.4 is 4.74 Å². The molecule has 2 heteroatoms. The summed E-state index contributed by atoms with van der Waals surface area (Å²) in [5, 5.41) is 2.38. The van der Waals surface area contributed by atoms with Gasteiger partial charge in [-0.2, -0.15) is 12.6 Å². The molecule has 0 aliphatic carbocycles. The largest absolute Gasteiger partial charge is 0.496 e. The molecular formula is C12H12OS. The van der Waals surface area contributed by atoms with Gasteiger partial charge in [0, 0.05) is 11.1 Å². The highest BCUT2D eigenvalue weighted by atomic mass is 32.1. The average Bonchev–Trinajstić information content (AvgIpc) is 2.27. The normalized spacial score (nSPS) is 10.4. The van der Waals surface area contributed by atoms with Gasteiger partial charge in [0.2, 0.25) is 0 Å². The van der Waals surface area contributed by atoms with Crippen molar-refractivity contribution in [3.63, 3.8) is 0 Å². The Morgan fingerprint density at radius 3 is 2.43 bits per heavy atom. The summed E-state index contributed by atoms with van der Waals surface area (Å²) < 4.78 is 5.30. The molecule has 0 saturated heterocycles. The molecule has 0 atom stereocenters. The van der Waals surface area contributed by atoms with Crippen LogP contribution in [0.5, 0.6) is 5.75 Å². The number of thiol groups is 1. The monoisotopic (exact) mass is 204 g/mol. The minimum absolute atomic E-state index is 0.754. The highest BCUT2D eigenvalue weighted by Gasteiger charge is 2.03. The molecule has 0 aromatic heterocycles. The predicted octanol–water partition coefficient (Wildman–Crippen LogP) is 3.28. The maximum Gasteiger partial charge on any atom is 0.126 e. The Balaban J connectivity index is 2.78. The van der Waals surface area contributed by atoms with Crippen molar-refractivity contribution in [1.29, 1.82) is 0 Å². The third-order valence-electron chi connectivity index (χ3n) is 2.36. The summed E-state index contributed by atoms with van der Waals surface area (Å²) in [7, 11) is 1.70. The number of benzene rings is 2. The van der Waals surface area contributed by atoms with Crippen molar-refractivity contribution < 1.29 is 4.74 Å². The van der Waals surface area contributed by atoms with Crippen LogP contribution in [0.15, 0.2) is 36.4 Å². The van der Waals surface area contributed by atoms with Crippen molar-refractivity contribution in [2.75, 3.05) is 7.11 Å². The van der Waals surface area contributed by atoms with Gasteiger partial charge < -0.3 is 4.74 Å². The Kier molecular flexibility index (Phi) is 2.64. The molecule has 2 aromatic rings. The zero-order valence-electron chi connectivity index (χ0n) is 8.03. The molecule has 0 N–H and O–H groups in total. The zero-order valence-corrected chi connectivity index (χ0v) is 8.92. The van der Waals surface area contributed by atoms with Gasteiger partial charge in [-0.3, -0.25) is 0 Å². The lowest BCUT2D eigenvalue weighted by Gasteiger charge is -2.08. The Labute approximate surface area is 89.1 Å². The molecule has 14 heavy (non-hydrogen) atoms. The van der Waals surface area contributed by atoms with Crippen LogP contribution in [0.4, 0.5) is 0 Å². The second-order valence-electron chi connectivity index (χ2n) is 3.13. The van der Waals surface area contributed by atoms with Gasteiger partial charge in [-0.25, -0.2) is 0 Å². The van der Waals surface area contributed by atoms with E-state index in [1.807, 2.05) is 18.2 Å². The first-order valence-electron chi connectivity index (χ1n) is 4.52. The topological polar surface area (TPSA) is 9.23 Å². The Morgan fingerprint density at radius 2 is 1.79 bits per heavy atom. The molecular weight excluding hydrogens is 192 g/mol.